The molecule has 0 radical (unpaired) electrons. The van der Waals surface area contributed by atoms with Crippen LogP contribution in [0.2, 0.25) is 0 Å². The lowest BCUT2D eigenvalue weighted by molar-refractivity contribution is -0.136. The highest BCUT2D eigenvalue weighted by Crippen LogP contribution is 2.39. The number of urea groups is 1. The van der Waals surface area contributed by atoms with Crippen molar-refractivity contribution in [2.75, 3.05) is 40.5 Å². The molecule has 37 heavy (non-hydrogen) atoms. The second-order valence-electron chi connectivity index (χ2n) is 10.6. The highest BCUT2D eigenvalue weighted by atomic mass is 16.5. The number of nitrogens with zero attached hydrogens (tertiary/aromatic N) is 3. The number of carbonyl (C=O) groups excluding carboxylic acids is 2. The Kier molecular flexibility index (Phi) is 7.95. The maximum absolute atomic E-state index is 13.9. The summed E-state index contributed by atoms with van der Waals surface area (Å²) in [7, 11) is 3.24. The summed E-state index contributed by atoms with van der Waals surface area (Å²) in [4.78, 5) is 33.1. The van der Waals surface area contributed by atoms with E-state index in [4.69, 9.17) is 9.47 Å². The van der Waals surface area contributed by atoms with E-state index in [-0.39, 0.29) is 18.5 Å². The number of hydrogen-bond acceptors (Lipinski definition) is 5. The molecule has 2 aliphatic heterocycles. The standard InChI is InChI=1S/C30H41N3O4/c1-20-21(2)23(4)27(24(5)22(20)3)19-31-13-11-30(12-14-31)28(34)32(29(35)33(30)15-16-36-6)18-25-9-8-10-26(17-25)37-7/h8-10,17H,11-16,18-19H2,1-7H3. The molecule has 200 valence electrons. The van der Waals surface area contributed by atoms with E-state index in [1.807, 2.05) is 24.3 Å². The van der Waals surface area contributed by atoms with Gasteiger partial charge in [-0.15, -0.1) is 0 Å². The molecule has 0 N–H and O–H groups in total. The van der Waals surface area contributed by atoms with Crippen LogP contribution in [0.4, 0.5) is 4.79 Å². The molecule has 3 amide bonds. The Morgan fingerprint density at radius 2 is 1.49 bits per heavy atom. The lowest BCUT2D eigenvalue weighted by Crippen LogP contribution is -2.57. The third-order valence-electron chi connectivity index (χ3n) is 8.84. The quantitative estimate of drug-likeness (QED) is 0.486. The molecule has 0 atom stereocenters. The second-order valence-corrected chi connectivity index (χ2v) is 10.6. The fourth-order valence-corrected chi connectivity index (χ4v) is 5.97. The van der Waals surface area contributed by atoms with Gasteiger partial charge in [0.05, 0.1) is 20.3 Å². The van der Waals surface area contributed by atoms with E-state index < -0.39 is 5.54 Å². The average Bonchev–Trinajstić information content (AvgIpc) is 3.09. The Labute approximate surface area is 221 Å². The molecular formula is C30H41N3O4. The minimum atomic E-state index is -0.811. The van der Waals surface area contributed by atoms with Gasteiger partial charge in [0, 0.05) is 33.3 Å². The summed E-state index contributed by atoms with van der Waals surface area (Å²) in [6, 6.07) is 7.32. The van der Waals surface area contributed by atoms with Gasteiger partial charge < -0.3 is 14.4 Å². The van der Waals surface area contributed by atoms with Crippen molar-refractivity contribution in [2.24, 2.45) is 0 Å². The lowest BCUT2D eigenvalue weighted by Gasteiger charge is -2.42. The Balaban J connectivity index is 1.55. The van der Waals surface area contributed by atoms with Gasteiger partial charge in [-0.25, -0.2) is 4.79 Å². The van der Waals surface area contributed by atoms with E-state index in [1.165, 1.54) is 38.3 Å². The zero-order valence-corrected chi connectivity index (χ0v) is 23.4. The maximum Gasteiger partial charge on any atom is 0.328 e. The molecule has 2 saturated heterocycles. The molecule has 2 heterocycles. The van der Waals surface area contributed by atoms with Gasteiger partial charge in [-0.1, -0.05) is 12.1 Å². The number of imide groups is 1. The molecule has 4 rings (SSSR count). The van der Waals surface area contributed by atoms with Crippen molar-refractivity contribution in [3.8, 4) is 5.75 Å². The summed E-state index contributed by atoms with van der Waals surface area (Å²) in [5.74, 6) is 0.619. The van der Waals surface area contributed by atoms with Crippen LogP contribution in [0.15, 0.2) is 24.3 Å². The van der Waals surface area contributed by atoms with Crippen molar-refractivity contribution >= 4 is 11.9 Å². The SMILES string of the molecule is COCCN1C(=O)N(Cc2cccc(OC)c2)C(=O)C12CCN(Cc1c(C)c(C)c(C)c(C)c1C)CC2. The monoisotopic (exact) mass is 507 g/mol. The number of piperidine rings is 1. The van der Waals surface area contributed by atoms with Crippen LogP contribution in [0.25, 0.3) is 0 Å². The first kappa shape index (κ1) is 27.1. The van der Waals surface area contributed by atoms with Crippen molar-refractivity contribution in [3.05, 3.63) is 63.2 Å². The molecule has 0 aliphatic carbocycles. The molecule has 0 bridgehead atoms. The number of amides is 3. The number of hydrogen-bond donors (Lipinski definition) is 0. The molecule has 0 unspecified atom stereocenters. The smallest absolute Gasteiger partial charge is 0.328 e. The second kappa shape index (κ2) is 10.8. The van der Waals surface area contributed by atoms with E-state index in [9.17, 15) is 9.59 Å². The Morgan fingerprint density at radius 1 is 0.865 bits per heavy atom. The van der Waals surface area contributed by atoms with Crippen LogP contribution in [0.3, 0.4) is 0 Å². The van der Waals surface area contributed by atoms with Gasteiger partial charge in [0.25, 0.3) is 5.91 Å². The molecule has 7 heteroatoms. The van der Waals surface area contributed by atoms with Gasteiger partial charge in [0.15, 0.2) is 0 Å². The molecule has 2 aromatic carbocycles. The van der Waals surface area contributed by atoms with Crippen LogP contribution in [-0.2, 0) is 22.6 Å². The van der Waals surface area contributed by atoms with Crippen molar-refractivity contribution in [1.82, 2.24) is 14.7 Å². The van der Waals surface area contributed by atoms with Gasteiger partial charge in [0.2, 0.25) is 0 Å². The van der Waals surface area contributed by atoms with Gasteiger partial charge >= 0.3 is 6.03 Å². The average molecular weight is 508 g/mol. The largest absolute Gasteiger partial charge is 0.497 e. The first-order valence-corrected chi connectivity index (χ1v) is 13.2. The van der Waals surface area contributed by atoms with Crippen LogP contribution >= 0.6 is 0 Å². The van der Waals surface area contributed by atoms with Gasteiger partial charge in [-0.3, -0.25) is 14.6 Å². The number of benzene rings is 2. The van der Waals surface area contributed by atoms with Crippen LogP contribution in [0.1, 0.15) is 51.8 Å². The fraction of sp³-hybridized carbons (Fsp3) is 0.533. The van der Waals surface area contributed by atoms with Gasteiger partial charge in [-0.2, -0.15) is 0 Å². The van der Waals surface area contributed by atoms with E-state index in [0.29, 0.717) is 31.7 Å². The van der Waals surface area contributed by atoms with E-state index >= 15 is 0 Å². The number of likely N-dealkylation sites (tertiary alicyclic amines) is 1. The van der Waals surface area contributed by atoms with Crippen molar-refractivity contribution in [2.45, 2.75) is 66.1 Å². The molecule has 2 aromatic rings. The third kappa shape index (κ3) is 4.87. The number of carbonyl (C=O) groups is 2. The van der Waals surface area contributed by atoms with Gasteiger partial charge in [-0.05, 0) is 98.5 Å². The van der Waals surface area contributed by atoms with Crippen LogP contribution in [0.5, 0.6) is 5.75 Å². The number of ether oxygens (including phenoxy) is 2. The molecule has 1 spiro atoms. The molecule has 0 aromatic heterocycles. The van der Waals surface area contributed by atoms with E-state index in [2.05, 4.69) is 39.5 Å². The third-order valence-corrected chi connectivity index (χ3v) is 8.84. The highest BCUT2D eigenvalue weighted by molar-refractivity contribution is 6.07. The Bertz CT molecular complexity index is 1150. The first-order chi connectivity index (χ1) is 17.6. The van der Waals surface area contributed by atoms with Crippen LogP contribution in [-0.4, -0.2) is 72.6 Å². The van der Waals surface area contributed by atoms with Crippen LogP contribution in [0, 0.1) is 34.6 Å². The molecule has 0 saturated carbocycles. The van der Waals surface area contributed by atoms with Crippen LogP contribution < -0.4 is 4.74 Å². The summed E-state index contributed by atoms with van der Waals surface area (Å²) < 4.78 is 10.6. The zero-order chi connectivity index (χ0) is 26.9. The van der Waals surface area contributed by atoms with E-state index in [1.54, 1.807) is 19.1 Å². The molecule has 2 aliphatic rings. The van der Waals surface area contributed by atoms with Crippen molar-refractivity contribution in [3.63, 3.8) is 0 Å². The van der Waals surface area contributed by atoms with Crippen molar-refractivity contribution < 1.29 is 19.1 Å². The minimum Gasteiger partial charge on any atom is -0.497 e. The normalized spacial score (nSPS) is 17.8. The summed E-state index contributed by atoms with van der Waals surface area (Å²) in [6.07, 6.45) is 1.25. The Hall–Kier alpha value is -2.90. The molecule has 2 fully saturated rings. The minimum absolute atomic E-state index is 0.0922. The number of rotatable bonds is 8. The maximum atomic E-state index is 13.9. The summed E-state index contributed by atoms with van der Waals surface area (Å²) in [6.45, 7) is 14.5. The predicted molar refractivity (Wildman–Crippen MR) is 145 cm³/mol. The lowest BCUT2D eigenvalue weighted by atomic mass is 9.84. The number of methoxy groups -OCH3 is 2. The van der Waals surface area contributed by atoms with Crippen molar-refractivity contribution in [1.29, 1.82) is 0 Å². The zero-order valence-electron chi connectivity index (χ0n) is 23.4. The predicted octanol–water partition coefficient (Wildman–Crippen LogP) is 4.68. The fourth-order valence-electron chi connectivity index (χ4n) is 5.97. The first-order valence-electron chi connectivity index (χ1n) is 13.2. The topological polar surface area (TPSA) is 62.3 Å². The molecular weight excluding hydrogens is 466 g/mol. The molecule has 7 nitrogen and oxygen atoms in total. The van der Waals surface area contributed by atoms with E-state index in [0.717, 1.165) is 25.2 Å². The summed E-state index contributed by atoms with van der Waals surface area (Å²) in [5, 5.41) is 0. The summed E-state index contributed by atoms with van der Waals surface area (Å²) >= 11 is 0. The van der Waals surface area contributed by atoms with Gasteiger partial charge in [0.1, 0.15) is 11.3 Å². The Morgan fingerprint density at radius 3 is 2.08 bits per heavy atom. The summed E-state index contributed by atoms with van der Waals surface area (Å²) in [5.41, 5.74) is 8.27. The highest BCUT2D eigenvalue weighted by Gasteiger charge is 2.57.